The van der Waals surface area contributed by atoms with Gasteiger partial charge in [0, 0.05) is 13.0 Å². The molecule has 0 N–H and O–H groups in total. The Morgan fingerprint density at radius 3 is 2.04 bits per heavy atom. The number of ether oxygens (including phenoxy) is 2. The summed E-state index contributed by atoms with van der Waals surface area (Å²) in [7, 11) is 3.97. The molecule has 0 aromatic carbocycles. The largest absolute Gasteiger partial charge is 0.508 e. The summed E-state index contributed by atoms with van der Waals surface area (Å²) in [4.78, 5) is 24.5. The van der Waals surface area contributed by atoms with Crippen LogP contribution in [0, 0.1) is 0 Å². The van der Waals surface area contributed by atoms with Crippen molar-refractivity contribution in [2.45, 2.75) is 103 Å². The quantitative estimate of drug-likeness (QED) is 0.161. The summed E-state index contributed by atoms with van der Waals surface area (Å²) < 4.78 is 10.5. The van der Waals surface area contributed by atoms with E-state index < -0.39 is 6.16 Å². The zero-order valence-electron chi connectivity index (χ0n) is 18.0. The zero-order chi connectivity index (χ0) is 20.2. The molecule has 0 aliphatic heterocycles. The van der Waals surface area contributed by atoms with Crippen LogP contribution in [0.5, 0.6) is 0 Å². The molecule has 0 aromatic rings. The zero-order valence-corrected chi connectivity index (χ0v) is 18.0. The van der Waals surface area contributed by atoms with Gasteiger partial charge < -0.3 is 19.2 Å². The van der Waals surface area contributed by atoms with Crippen LogP contribution in [0.15, 0.2) is 0 Å². The molecule has 0 fully saturated rings. The molecule has 0 amide bonds. The fourth-order valence-electron chi connectivity index (χ4n) is 3.08. The van der Waals surface area contributed by atoms with Crippen molar-refractivity contribution >= 4 is 12.4 Å². The highest BCUT2D eigenvalue weighted by molar-refractivity contribution is 5.60. The Labute approximate surface area is 167 Å². The fraction of sp³-hybridized carbons (Fsp3) is 0.909. The van der Waals surface area contributed by atoms with Crippen molar-refractivity contribution < 1.29 is 19.1 Å². The van der Waals surface area contributed by atoms with Crippen LogP contribution in [0.25, 0.3) is 0 Å². The van der Waals surface area contributed by atoms with Gasteiger partial charge in [0.25, 0.3) is 0 Å². The van der Waals surface area contributed by atoms with Gasteiger partial charge >= 0.3 is 6.16 Å². The van der Waals surface area contributed by atoms with E-state index >= 15 is 0 Å². The van der Waals surface area contributed by atoms with Crippen LogP contribution in [-0.2, 0) is 14.3 Å². The second-order valence-electron chi connectivity index (χ2n) is 7.71. The number of rotatable bonds is 19. The number of carbonyl (C=O) groups excluding carboxylic acids is 2. The smallest absolute Gasteiger partial charge is 0.434 e. The standard InChI is InChI=1S/C22H43NO4/c1-4-5-6-7-8-9-10-11-12-13-16-21(17-14-19-24)27-22(25)26-20-15-18-23(2)3/h19,21H,4-18,20H2,1-3H3/t21-/m1/s1. The van der Waals surface area contributed by atoms with Gasteiger partial charge in [-0.25, -0.2) is 4.79 Å². The highest BCUT2D eigenvalue weighted by atomic mass is 16.7. The third kappa shape index (κ3) is 19.5. The first kappa shape index (κ1) is 25.9. The summed E-state index contributed by atoms with van der Waals surface area (Å²) in [5, 5.41) is 0. The lowest BCUT2D eigenvalue weighted by Gasteiger charge is -2.17. The van der Waals surface area contributed by atoms with Gasteiger partial charge in [0.1, 0.15) is 12.4 Å². The summed E-state index contributed by atoms with van der Waals surface area (Å²) >= 11 is 0. The Hall–Kier alpha value is -1.10. The molecule has 1 atom stereocenters. The first-order valence-electron chi connectivity index (χ1n) is 11.0. The third-order valence-corrected chi connectivity index (χ3v) is 4.72. The van der Waals surface area contributed by atoms with Gasteiger partial charge in [0.2, 0.25) is 0 Å². The van der Waals surface area contributed by atoms with E-state index in [9.17, 15) is 9.59 Å². The lowest BCUT2D eigenvalue weighted by molar-refractivity contribution is -0.108. The summed E-state index contributed by atoms with van der Waals surface area (Å²) in [5.41, 5.74) is 0. The van der Waals surface area contributed by atoms with Crippen molar-refractivity contribution in [3.05, 3.63) is 0 Å². The summed E-state index contributed by atoms with van der Waals surface area (Å²) in [6.45, 7) is 3.49. The molecular weight excluding hydrogens is 342 g/mol. The van der Waals surface area contributed by atoms with E-state index in [0.717, 1.165) is 38.5 Å². The highest BCUT2D eigenvalue weighted by Crippen LogP contribution is 2.15. The molecule has 0 aliphatic carbocycles. The Balaban J connectivity index is 3.76. The van der Waals surface area contributed by atoms with E-state index in [4.69, 9.17) is 9.47 Å². The lowest BCUT2D eigenvalue weighted by atomic mass is 10.0. The SMILES string of the molecule is CCCCCCCCCCCC[C@H](CCC=O)OC(=O)OCCCN(C)C. The van der Waals surface area contributed by atoms with Gasteiger partial charge in [0.05, 0.1) is 6.61 Å². The number of hydrogen-bond donors (Lipinski definition) is 0. The predicted octanol–water partition coefficient (Wildman–Crippen LogP) is 5.75. The molecule has 5 heteroatoms. The summed E-state index contributed by atoms with van der Waals surface area (Å²) in [5.74, 6) is 0. The van der Waals surface area contributed by atoms with E-state index in [1.165, 1.54) is 51.4 Å². The molecule has 27 heavy (non-hydrogen) atoms. The number of hydrogen-bond acceptors (Lipinski definition) is 5. The molecule has 0 heterocycles. The second kappa shape index (κ2) is 19.7. The molecule has 160 valence electrons. The Bertz CT molecular complexity index is 347. The molecule has 0 bridgehead atoms. The number of aldehydes is 1. The molecule has 0 aliphatic rings. The van der Waals surface area contributed by atoms with Crippen molar-refractivity contribution in [1.29, 1.82) is 0 Å². The van der Waals surface area contributed by atoms with E-state index in [0.29, 0.717) is 19.4 Å². The maximum atomic E-state index is 11.8. The number of unbranched alkanes of at least 4 members (excludes halogenated alkanes) is 9. The van der Waals surface area contributed by atoms with Crippen LogP contribution in [0.2, 0.25) is 0 Å². The lowest BCUT2D eigenvalue weighted by Crippen LogP contribution is -2.21. The van der Waals surface area contributed by atoms with Crippen molar-refractivity contribution in [2.75, 3.05) is 27.2 Å². The molecule has 5 nitrogen and oxygen atoms in total. The number of nitrogens with zero attached hydrogens (tertiary/aromatic N) is 1. The monoisotopic (exact) mass is 385 g/mol. The van der Waals surface area contributed by atoms with E-state index in [1.807, 2.05) is 19.0 Å². The first-order chi connectivity index (χ1) is 13.1. The van der Waals surface area contributed by atoms with E-state index in [1.54, 1.807) is 0 Å². The molecule has 0 saturated heterocycles. The van der Waals surface area contributed by atoms with Gasteiger partial charge in [-0.1, -0.05) is 64.7 Å². The average Bonchev–Trinajstić information content (AvgIpc) is 2.64. The highest BCUT2D eigenvalue weighted by Gasteiger charge is 2.15. The molecule has 0 spiro atoms. The van der Waals surface area contributed by atoms with Gasteiger partial charge in [-0.3, -0.25) is 0 Å². The first-order valence-corrected chi connectivity index (χ1v) is 11.0. The van der Waals surface area contributed by atoms with Crippen LogP contribution in [0.3, 0.4) is 0 Å². The van der Waals surface area contributed by atoms with Crippen molar-refractivity contribution in [3.8, 4) is 0 Å². The number of carbonyl (C=O) groups is 2. The van der Waals surface area contributed by atoms with Crippen LogP contribution in [0.4, 0.5) is 4.79 Å². The van der Waals surface area contributed by atoms with Gasteiger partial charge in [-0.05, 0) is 39.8 Å². The van der Waals surface area contributed by atoms with Crippen LogP contribution >= 0.6 is 0 Å². The molecule has 0 unspecified atom stereocenters. The molecule has 0 aromatic heterocycles. The molecule has 0 radical (unpaired) electrons. The minimum Gasteiger partial charge on any atom is -0.434 e. The minimum absolute atomic E-state index is 0.203. The maximum Gasteiger partial charge on any atom is 0.508 e. The van der Waals surface area contributed by atoms with Crippen molar-refractivity contribution in [3.63, 3.8) is 0 Å². The van der Waals surface area contributed by atoms with Crippen molar-refractivity contribution in [2.24, 2.45) is 0 Å². The normalized spacial score (nSPS) is 12.1. The second-order valence-corrected chi connectivity index (χ2v) is 7.71. The molecular formula is C22H43NO4. The summed E-state index contributed by atoms with van der Waals surface area (Å²) in [6, 6.07) is 0. The van der Waals surface area contributed by atoms with Gasteiger partial charge in [0.15, 0.2) is 0 Å². The minimum atomic E-state index is -0.600. The van der Waals surface area contributed by atoms with Crippen LogP contribution in [-0.4, -0.2) is 50.7 Å². The van der Waals surface area contributed by atoms with Gasteiger partial charge in [-0.2, -0.15) is 0 Å². The Morgan fingerprint density at radius 2 is 1.48 bits per heavy atom. The molecule has 0 rings (SSSR count). The topological polar surface area (TPSA) is 55.8 Å². The van der Waals surface area contributed by atoms with E-state index in [2.05, 4.69) is 6.92 Å². The van der Waals surface area contributed by atoms with Gasteiger partial charge in [-0.15, -0.1) is 0 Å². The van der Waals surface area contributed by atoms with Crippen LogP contribution in [0.1, 0.15) is 96.8 Å². The van der Waals surface area contributed by atoms with Crippen LogP contribution < -0.4 is 0 Å². The fourth-order valence-corrected chi connectivity index (χ4v) is 3.08. The van der Waals surface area contributed by atoms with E-state index in [-0.39, 0.29) is 6.10 Å². The predicted molar refractivity (Wildman–Crippen MR) is 111 cm³/mol. The average molecular weight is 386 g/mol. The molecule has 0 saturated carbocycles. The maximum absolute atomic E-state index is 11.8. The summed E-state index contributed by atoms with van der Waals surface area (Å²) in [6.07, 6.45) is 15.5. The Kier molecular flexibility index (Phi) is 18.9. The van der Waals surface area contributed by atoms with Crippen molar-refractivity contribution in [1.82, 2.24) is 4.90 Å². The Morgan fingerprint density at radius 1 is 0.889 bits per heavy atom. The third-order valence-electron chi connectivity index (χ3n) is 4.72.